The summed E-state index contributed by atoms with van der Waals surface area (Å²) in [6, 6.07) is -4.39. The number of hydrogen-bond donors (Lipinski definition) is 10. The molecule has 15 N–H and O–H groups in total. The number of guanidine groups is 2. The van der Waals surface area contributed by atoms with E-state index in [1.807, 2.05) is 13.8 Å². The fraction of sp³-hybridized carbons (Fsp3) is 0.625. The van der Waals surface area contributed by atoms with Crippen LogP contribution in [0, 0.1) is 5.92 Å². The van der Waals surface area contributed by atoms with Crippen molar-refractivity contribution >= 4 is 35.6 Å². The minimum Gasteiger partial charge on any atom is -0.480 e. The number of H-pyrrole nitrogens is 1. The van der Waals surface area contributed by atoms with E-state index in [1.165, 1.54) is 12.5 Å². The molecule has 0 fully saturated rings. The van der Waals surface area contributed by atoms with Gasteiger partial charge in [0.15, 0.2) is 11.9 Å². The van der Waals surface area contributed by atoms with Crippen molar-refractivity contribution in [1.82, 2.24) is 25.9 Å². The summed E-state index contributed by atoms with van der Waals surface area (Å²) in [7, 11) is 0. The first-order chi connectivity index (χ1) is 19.3. The molecule has 5 unspecified atom stereocenters. The SMILES string of the molecule is CCC(C)C(N)C(=O)NC(CCCN=C(N)N)C(=O)NC(Cc1cnc[nH]1)C(=O)NC(CCCN=C(N)N)C(=O)O. The zero-order chi connectivity index (χ0) is 30.9. The first-order valence-electron chi connectivity index (χ1n) is 13.3. The number of nitrogens with zero attached hydrogens (tertiary/aromatic N) is 3. The van der Waals surface area contributed by atoms with Crippen LogP contribution in [0.15, 0.2) is 22.5 Å². The Balaban J connectivity index is 3.10. The fourth-order valence-electron chi connectivity index (χ4n) is 3.68. The van der Waals surface area contributed by atoms with Gasteiger partial charge in [-0.05, 0) is 31.6 Å². The first-order valence-corrected chi connectivity index (χ1v) is 13.3. The Morgan fingerprint density at radius 1 is 0.902 bits per heavy atom. The Morgan fingerprint density at radius 2 is 1.41 bits per heavy atom. The van der Waals surface area contributed by atoms with Gasteiger partial charge >= 0.3 is 5.97 Å². The second-order valence-corrected chi connectivity index (χ2v) is 9.61. The van der Waals surface area contributed by atoms with Crippen molar-refractivity contribution in [3.05, 3.63) is 18.2 Å². The topological polar surface area (TPSA) is 308 Å². The number of aliphatic imine (C=N–C) groups is 2. The maximum absolute atomic E-state index is 13.4. The van der Waals surface area contributed by atoms with Gasteiger partial charge in [0.1, 0.15) is 18.1 Å². The van der Waals surface area contributed by atoms with Crippen molar-refractivity contribution in [2.45, 2.75) is 76.5 Å². The van der Waals surface area contributed by atoms with Crippen LogP contribution in [-0.2, 0) is 25.6 Å². The van der Waals surface area contributed by atoms with Crippen LogP contribution in [0.5, 0.6) is 0 Å². The standard InChI is InChI=1S/C24H44N12O5/c1-3-13(2)18(25)21(39)34-15(6-4-8-31-23(26)27)19(37)36-17(10-14-11-30-12-33-14)20(38)35-16(22(40)41)7-5-9-32-24(28)29/h11-13,15-18H,3-10,25H2,1-2H3,(H,30,33)(H,34,39)(H,35,38)(H,36,37)(H,40,41)(H4,26,27,31)(H4,28,29,32). The lowest BCUT2D eigenvalue weighted by Crippen LogP contribution is -2.58. The van der Waals surface area contributed by atoms with Gasteiger partial charge in [0, 0.05) is 31.4 Å². The summed E-state index contributed by atoms with van der Waals surface area (Å²) >= 11 is 0. The molecule has 1 aromatic heterocycles. The van der Waals surface area contributed by atoms with Crippen LogP contribution in [0.1, 0.15) is 51.6 Å². The largest absolute Gasteiger partial charge is 0.480 e. The highest BCUT2D eigenvalue weighted by Crippen LogP contribution is 2.09. The number of nitrogens with one attached hydrogen (secondary N) is 4. The lowest BCUT2D eigenvalue weighted by atomic mass is 9.98. The molecule has 0 saturated heterocycles. The van der Waals surface area contributed by atoms with Crippen molar-refractivity contribution in [2.75, 3.05) is 13.1 Å². The predicted molar refractivity (Wildman–Crippen MR) is 153 cm³/mol. The highest BCUT2D eigenvalue weighted by Gasteiger charge is 2.31. The number of nitrogens with two attached hydrogens (primary N) is 5. The molecule has 17 heteroatoms. The van der Waals surface area contributed by atoms with Gasteiger partial charge in [0.05, 0.1) is 12.4 Å². The monoisotopic (exact) mass is 580 g/mol. The van der Waals surface area contributed by atoms with Crippen LogP contribution >= 0.6 is 0 Å². The molecule has 0 aliphatic heterocycles. The summed E-state index contributed by atoms with van der Waals surface area (Å²) in [6.07, 6.45) is 4.30. The Labute approximate surface area is 238 Å². The molecule has 3 amide bonds. The van der Waals surface area contributed by atoms with Crippen molar-refractivity contribution < 1.29 is 24.3 Å². The number of amides is 3. The molecule has 1 rings (SSSR count). The van der Waals surface area contributed by atoms with Crippen molar-refractivity contribution in [1.29, 1.82) is 0 Å². The second kappa shape index (κ2) is 18.0. The number of rotatable bonds is 19. The number of imidazole rings is 1. The van der Waals surface area contributed by atoms with Crippen LogP contribution in [0.25, 0.3) is 0 Å². The Hall–Kier alpha value is -4.41. The Morgan fingerprint density at radius 3 is 1.90 bits per heavy atom. The van der Waals surface area contributed by atoms with Gasteiger partial charge in [-0.15, -0.1) is 0 Å². The van der Waals surface area contributed by atoms with Gasteiger partial charge in [0.25, 0.3) is 0 Å². The first kappa shape index (κ1) is 34.6. The molecule has 0 aliphatic carbocycles. The van der Waals surface area contributed by atoms with Gasteiger partial charge in [-0.3, -0.25) is 24.4 Å². The molecule has 5 atom stereocenters. The lowest BCUT2D eigenvalue weighted by Gasteiger charge is -2.26. The third kappa shape index (κ3) is 13.5. The minimum atomic E-state index is -1.27. The minimum absolute atomic E-state index is 0.0288. The van der Waals surface area contributed by atoms with E-state index in [0.717, 1.165) is 0 Å². The normalized spacial score (nSPS) is 14.4. The third-order valence-corrected chi connectivity index (χ3v) is 6.31. The highest BCUT2D eigenvalue weighted by atomic mass is 16.4. The molecule has 0 aliphatic rings. The van der Waals surface area contributed by atoms with E-state index in [1.54, 1.807) is 0 Å². The molecule has 0 aromatic carbocycles. The number of carbonyl (C=O) groups excluding carboxylic acids is 3. The lowest BCUT2D eigenvalue weighted by molar-refractivity contribution is -0.142. The zero-order valence-electron chi connectivity index (χ0n) is 23.5. The number of carbonyl (C=O) groups is 4. The van der Waals surface area contributed by atoms with Gasteiger partial charge in [-0.2, -0.15) is 0 Å². The highest BCUT2D eigenvalue weighted by molar-refractivity contribution is 5.94. The van der Waals surface area contributed by atoms with Crippen molar-refractivity contribution in [3.8, 4) is 0 Å². The number of aliphatic carboxylic acids is 1. The van der Waals surface area contributed by atoms with Gasteiger partial charge < -0.3 is 54.7 Å². The second-order valence-electron chi connectivity index (χ2n) is 9.61. The number of aromatic nitrogens is 2. The van der Waals surface area contributed by atoms with Crippen LogP contribution < -0.4 is 44.6 Å². The molecule has 0 bridgehead atoms. The molecular formula is C24H44N12O5. The van der Waals surface area contributed by atoms with E-state index >= 15 is 0 Å². The average molecular weight is 581 g/mol. The van der Waals surface area contributed by atoms with Gasteiger partial charge in [-0.25, -0.2) is 9.78 Å². The summed E-state index contributed by atoms with van der Waals surface area (Å²) in [6.45, 7) is 4.09. The summed E-state index contributed by atoms with van der Waals surface area (Å²) in [5.74, 6) is -3.59. The Bertz CT molecular complexity index is 1040. The van der Waals surface area contributed by atoms with Crippen LogP contribution in [0.2, 0.25) is 0 Å². The predicted octanol–water partition coefficient (Wildman–Crippen LogP) is -3.03. The van der Waals surface area contributed by atoms with Crippen LogP contribution in [-0.4, -0.2) is 87.9 Å². The number of aromatic amines is 1. The summed E-state index contributed by atoms with van der Waals surface area (Å²) in [5.41, 5.74) is 27.9. The average Bonchev–Trinajstić information content (AvgIpc) is 3.43. The Kier molecular flexibility index (Phi) is 15.2. The van der Waals surface area contributed by atoms with Crippen molar-refractivity contribution in [2.24, 2.45) is 44.6 Å². The van der Waals surface area contributed by atoms with E-state index in [2.05, 4.69) is 35.9 Å². The third-order valence-electron chi connectivity index (χ3n) is 6.31. The van der Waals surface area contributed by atoms with Gasteiger partial charge in [-0.1, -0.05) is 20.3 Å². The number of carboxylic acid groups (broad SMARTS) is 1. The molecule has 1 aromatic rings. The molecule has 0 saturated carbocycles. The fourth-order valence-corrected chi connectivity index (χ4v) is 3.68. The smallest absolute Gasteiger partial charge is 0.326 e. The number of carboxylic acids is 1. The summed E-state index contributed by atoms with van der Waals surface area (Å²) in [5, 5.41) is 17.4. The van der Waals surface area contributed by atoms with Gasteiger partial charge in [0.2, 0.25) is 17.7 Å². The molecule has 1 heterocycles. The molecule has 41 heavy (non-hydrogen) atoms. The maximum atomic E-state index is 13.4. The van der Waals surface area contributed by atoms with E-state index in [0.29, 0.717) is 18.5 Å². The summed E-state index contributed by atoms with van der Waals surface area (Å²) in [4.78, 5) is 65.7. The number of hydrogen-bond acceptors (Lipinski definition) is 8. The summed E-state index contributed by atoms with van der Waals surface area (Å²) < 4.78 is 0. The van der Waals surface area contributed by atoms with Crippen molar-refractivity contribution in [3.63, 3.8) is 0 Å². The van der Waals surface area contributed by atoms with E-state index in [-0.39, 0.29) is 56.6 Å². The quantitative estimate of drug-likeness (QED) is 0.0445. The molecule has 230 valence electrons. The molecule has 0 radical (unpaired) electrons. The molecular weight excluding hydrogens is 536 g/mol. The van der Waals surface area contributed by atoms with Crippen LogP contribution in [0.4, 0.5) is 0 Å². The molecule has 0 spiro atoms. The van der Waals surface area contributed by atoms with E-state index in [4.69, 9.17) is 28.7 Å². The zero-order valence-corrected chi connectivity index (χ0v) is 23.5. The van der Waals surface area contributed by atoms with Crippen LogP contribution in [0.3, 0.4) is 0 Å². The maximum Gasteiger partial charge on any atom is 0.326 e. The molecule has 17 nitrogen and oxygen atoms in total. The van der Waals surface area contributed by atoms with E-state index < -0.39 is 47.9 Å². The van der Waals surface area contributed by atoms with E-state index in [9.17, 15) is 24.3 Å².